The molecule has 2 aromatic carbocycles. The van der Waals surface area contributed by atoms with E-state index in [1.807, 2.05) is 6.07 Å². The lowest BCUT2D eigenvalue weighted by molar-refractivity contribution is 0.385. The van der Waals surface area contributed by atoms with Gasteiger partial charge in [0, 0.05) is 32.7 Å². The predicted octanol–water partition coefficient (Wildman–Crippen LogP) is 3.67. The summed E-state index contributed by atoms with van der Waals surface area (Å²) in [4.78, 5) is 5.94. The largest absolute Gasteiger partial charge is 0.494 e. The molecule has 144 valence electrons. The number of nitrogens with zero attached hydrogens (tertiary/aromatic N) is 3. The van der Waals surface area contributed by atoms with Crippen molar-refractivity contribution in [3.8, 4) is 11.8 Å². The molecule has 8 heteroatoms. The van der Waals surface area contributed by atoms with Gasteiger partial charge in [-0.05, 0) is 35.9 Å². The first-order valence-corrected chi connectivity index (χ1v) is 7.91. The molecule has 27 heavy (non-hydrogen) atoms. The first-order chi connectivity index (χ1) is 12.5. The molecule has 0 saturated carbocycles. The van der Waals surface area contributed by atoms with Gasteiger partial charge in [0.1, 0.15) is 5.82 Å². The number of guanidine groups is 1. The van der Waals surface area contributed by atoms with Crippen LogP contribution in [0.4, 0.5) is 8.78 Å². The van der Waals surface area contributed by atoms with Crippen LogP contribution in [0.25, 0.3) is 0 Å². The second-order valence-corrected chi connectivity index (χ2v) is 5.64. The molecule has 0 heterocycles. The summed E-state index contributed by atoms with van der Waals surface area (Å²) < 4.78 is 32.6. The van der Waals surface area contributed by atoms with Crippen molar-refractivity contribution in [2.75, 3.05) is 21.2 Å². The summed E-state index contributed by atoms with van der Waals surface area (Å²) in [7, 11) is 4.81. The van der Waals surface area contributed by atoms with Gasteiger partial charge in [-0.1, -0.05) is 6.07 Å². The van der Waals surface area contributed by atoms with Crippen LogP contribution in [0.3, 0.4) is 0 Å². The van der Waals surface area contributed by atoms with Gasteiger partial charge in [0.25, 0.3) is 0 Å². The van der Waals surface area contributed by atoms with Crippen molar-refractivity contribution in [3.05, 3.63) is 64.7 Å². The molecule has 0 aromatic heterocycles. The standard InChI is InChI=1S/C19H20F2N4O.HI/c1-23-19(24-11-15-8-13(10-22)4-6-16(15)20)25(2)12-14-5-7-18(26-3)17(21)9-14;/h4-9H,11-12H2,1-3H3,(H,23,24);1H. The number of aliphatic imine (C=N–C) groups is 1. The smallest absolute Gasteiger partial charge is 0.193 e. The maximum Gasteiger partial charge on any atom is 0.193 e. The molecule has 0 radical (unpaired) electrons. The summed E-state index contributed by atoms with van der Waals surface area (Å²) in [5, 5.41) is 12.0. The van der Waals surface area contributed by atoms with Crippen LogP contribution in [-0.2, 0) is 13.1 Å². The van der Waals surface area contributed by atoms with E-state index in [1.165, 1.54) is 31.4 Å². The fourth-order valence-corrected chi connectivity index (χ4v) is 2.50. The average molecular weight is 486 g/mol. The zero-order valence-corrected chi connectivity index (χ0v) is 17.6. The van der Waals surface area contributed by atoms with Gasteiger partial charge in [0.15, 0.2) is 17.5 Å². The van der Waals surface area contributed by atoms with Crippen LogP contribution in [0.15, 0.2) is 41.4 Å². The van der Waals surface area contributed by atoms with E-state index in [0.717, 1.165) is 5.56 Å². The van der Waals surface area contributed by atoms with Crippen LogP contribution in [0.5, 0.6) is 5.75 Å². The van der Waals surface area contributed by atoms with Gasteiger partial charge < -0.3 is 15.0 Å². The van der Waals surface area contributed by atoms with Gasteiger partial charge in [0.05, 0.1) is 18.7 Å². The lowest BCUT2D eigenvalue weighted by atomic mass is 10.1. The second-order valence-electron chi connectivity index (χ2n) is 5.64. The number of methoxy groups -OCH3 is 1. The Morgan fingerprint density at radius 1 is 1.22 bits per heavy atom. The van der Waals surface area contributed by atoms with Crippen LogP contribution in [-0.4, -0.2) is 32.1 Å². The number of halogens is 3. The Hall–Kier alpha value is -2.41. The van der Waals surface area contributed by atoms with Crippen molar-refractivity contribution < 1.29 is 13.5 Å². The minimum absolute atomic E-state index is 0. The van der Waals surface area contributed by atoms with E-state index in [0.29, 0.717) is 23.6 Å². The molecule has 0 amide bonds. The summed E-state index contributed by atoms with van der Waals surface area (Å²) in [6, 6.07) is 10.9. The van der Waals surface area contributed by atoms with E-state index in [-0.39, 0.29) is 36.3 Å². The van der Waals surface area contributed by atoms with Crippen molar-refractivity contribution in [1.82, 2.24) is 10.2 Å². The predicted molar refractivity (Wildman–Crippen MR) is 111 cm³/mol. The maximum atomic E-state index is 13.9. The highest BCUT2D eigenvalue weighted by atomic mass is 127. The molecule has 0 aliphatic heterocycles. The number of hydrogen-bond donors (Lipinski definition) is 1. The molecule has 0 atom stereocenters. The lowest BCUT2D eigenvalue weighted by Gasteiger charge is -2.22. The Kier molecular flexibility index (Phi) is 8.94. The first-order valence-electron chi connectivity index (χ1n) is 7.91. The van der Waals surface area contributed by atoms with Crippen molar-refractivity contribution in [2.45, 2.75) is 13.1 Å². The molecule has 0 aliphatic carbocycles. The van der Waals surface area contributed by atoms with Crippen molar-refractivity contribution in [2.24, 2.45) is 4.99 Å². The number of nitriles is 1. The molecule has 0 fully saturated rings. The fraction of sp³-hybridized carbons (Fsp3) is 0.263. The maximum absolute atomic E-state index is 13.9. The van der Waals surface area contributed by atoms with Gasteiger partial charge in [-0.25, -0.2) is 8.78 Å². The molecule has 5 nitrogen and oxygen atoms in total. The van der Waals surface area contributed by atoms with Gasteiger partial charge in [-0.3, -0.25) is 4.99 Å². The van der Waals surface area contributed by atoms with Crippen LogP contribution in [0, 0.1) is 23.0 Å². The minimum atomic E-state index is -0.434. The molecule has 2 rings (SSSR count). The Balaban J connectivity index is 0.00000364. The van der Waals surface area contributed by atoms with E-state index in [2.05, 4.69) is 10.3 Å². The summed E-state index contributed by atoms with van der Waals surface area (Å²) >= 11 is 0. The molecule has 0 unspecified atom stereocenters. The third-order valence-electron chi connectivity index (χ3n) is 3.82. The molecule has 2 aromatic rings. The summed E-state index contributed by atoms with van der Waals surface area (Å²) in [5.41, 5.74) is 1.50. The zero-order chi connectivity index (χ0) is 19.1. The quantitative estimate of drug-likeness (QED) is 0.398. The molecule has 0 bridgehead atoms. The SMILES string of the molecule is CN=C(NCc1cc(C#N)ccc1F)N(C)Cc1ccc(OC)c(F)c1.I. The minimum Gasteiger partial charge on any atom is -0.494 e. The topological polar surface area (TPSA) is 60.7 Å². The Morgan fingerprint density at radius 3 is 2.56 bits per heavy atom. The van der Waals surface area contributed by atoms with Crippen LogP contribution >= 0.6 is 24.0 Å². The zero-order valence-electron chi connectivity index (χ0n) is 15.3. The third kappa shape index (κ3) is 6.06. The van der Waals surface area contributed by atoms with E-state index in [1.54, 1.807) is 31.1 Å². The number of nitrogens with one attached hydrogen (secondary N) is 1. The second kappa shape index (κ2) is 10.7. The summed E-state index contributed by atoms with van der Waals surface area (Å²) in [5.74, 6) is -0.127. The molecule has 0 aliphatic rings. The summed E-state index contributed by atoms with van der Waals surface area (Å²) in [6.45, 7) is 0.580. The van der Waals surface area contributed by atoms with Crippen LogP contribution < -0.4 is 10.1 Å². The van der Waals surface area contributed by atoms with Crippen molar-refractivity contribution in [1.29, 1.82) is 5.26 Å². The van der Waals surface area contributed by atoms with E-state index in [4.69, 9.17) is 10.00 Å². The number of rotatable bonds is 5. The van der Waals surface area contributed by atoms with Gasteiger partial charge in [-0.15, -0.1) is 24.0 Å². The highest BCUT2D eigenvalue weighted by Crippen LogP contribution is 2.18. The Labute approximate surface area is 174 Å². The number of hydrogen-bond acceptors (Lipinski definition) is 3. The molecular formula is C19H21F2IN4O. The highest BCUT2D eigenvalue weighted by molar-refractivity contribution is 14.0. The molecular weight excluding hydrogens is 465 g/mol. The van der Waals surface area contributed by atoms with E-state index < -0.39 is 11.6 Å². The fourth-order valence-electron chi connectivity index (χ4n) is 2.50. The number of benzene rings is 2. The van der Waals surface area contributed by atoms with E-state index in [9.17, 15) is 8.78 Å². The van der Waals surface area contributed by atoms with Gasteiger partial charge in [-0.2, -0.15) is 5.26 Å². The van der Waals surface area contributed by atoms with Crippen LogP contribution in [0.2, 0.25) is 0 Å². The van der Waals surface area contributed by atoms with Gasteiger partial charge >= 0.3 is 0 Å². The molecule has 1 N–H and O–H groups in total. The molecule has 0 saturated heterocycles. The van der Waals surface area contributed by atoms with E-state index >= 15 is 0 Å². The third-order valence-corrected chi connectivity index (χ3v) is 3.82. The van der Waals surface area contributed by atoms with Gasteiger partial charge in [0.2, 0.25) is 0 Å². The Bertz CT molecular complexity index is 852. The van der Waals surface area contributed by atoms with Crippen molar-refractivity contribution >= 4 is 29.9 Å². The lowest BCUT2D eigenvalue weighted by Crippen LogP contribution is -2.38. The summed E-state index contributed by atoms with van der Waals surface area (Å²) in [6.07, 6.45) is 0. The Morgan fingerprint density at radius 2 is 1.96 bits per heavy atom. The van der Waals surface area contributed by atoms with Crippen LogP contribution in [0.1, 0.15) is 16.7 Å². The first kappa shape index (κ1) is 22.6. The normalized spacial score (nSPS) is 10.6. The number of ether oxygens (including phenoxy) is 1. The van der Waals surface area contributed by atoms with Crippen molar-refractivity contribution in [3.63, 3.8) is 0 Å². The highest BCUT2D eigenvalue weighted by Gasteiger charge is 2.11. The monoisotopic (exact) mass is 486 g/mol. The molecule has 0 spiro atoms. The average Bonchev–Trinajstić information content (AvgIpc) is 2.63.